The molecule has 0 bridgehead atoms. The summed E-state index contributed by atoms with van der Waals surface area (Å²) in [4.78, 5) is 15.2. The van der Waals surface area contributed by atoms with Gasteiger partial charge in [0.25, 0.3) is 0 Å². The summed E-state index contributed by atoms with van der Waals surface area (Å²) >= 11 is 0. The second kappa shape index (κ2) is 11.7. The van der Waals surface area contributed by atoms with Gasteiger partial charge in [0.05, 0.1) is 40.6 Å². The number of nitrogens with zero attached hydrogens (tertiary/aromatic N) is 1. The summed E-state index contributed by atoms with van der Waals surface area (Å²) in [7, 11) is 4.75. The maximum absolute atomic E-state index is 12.8. The van der Waals surface area contributed by atoms with E-state index >= 15 is 0 Å². The van der Waals surface area contributed by atoms with E-state index in [1.807, 2.05) is 30.3 Å². The highest BCUT2D eigenvalue weighted by molar-refractivity contribution is 5.76. The zero-order valence-corrected chi connectivity index (χ0v) is 19.4. The standard InChI is InChI=1S/C25H34N2O5/c1-18(24(20-8-6-5-7-9-20)27-12-14-32-15-13-27)26-23(28)11-10-19-16-21(29-2)25(31-4)22(17-19)30-3/h5-9,16-18,24H,10-15H2,1-4H3,(H,26,28)/t18-,24-/m1/s1. The van der Waals surface area contributed by atoms with Crippen molar-refractivity contribution in [3.8, 4) is 17.2 Å². The Kier molecular flexibility index (Phi) is 8.76. The van der Waals surface area contributed by atoms with E-state index in [4.69, 9.17) is 18.9 Å². The third kappa shape index (κ3) is 5.93. The van der Waals surface area contributed by atoms with Gasteiger partial charge in [0.2, 0.25) is 11.7 Å². The van der Waals surface area contributed by atoms with Crippen LogP contribution < -0.4 is 19.5 Å². The van der Waals surface area contributed by atoms with E-state index in [2.05, 4.69) is 29.3 Å². The van der Waals surface area contributed by atoms with Crippen LogP contribution in [0.1, 0.15) is 30.5 Å². The van der Waals surface area contributed by atoms with Gasteiger partial charge in [-0.1, -0.05) is 30.3 Å². The lowest BCUT2D eigenvalue weighted by molar-refractivity contribution is -0.122. The number of aryl methyl sites for hydroxylation is 1. The fourth-order valence-corrected chi connectivity index (χ4v) is 4.26. The molecule has 1 N–H and O–H groups in total. The van der Waals surface area contributed by atoms with Crippen LogP contribution >= 0.6 is 0 Å². The third-order valence-corrected chi connectivity index (χ3v) is 5.81. The molecule has 1 saturated heterocycles. The van der Waals surface area contributed by atoms with Crippen LogP contribution in [0, 0.1) is 0 Å². The average molecular weight is 443 g/mol. The highest BCUT2D eigenvalue weighted by Crippen LogP contribution is 2.38. The zero-order valence-electron chi connectivity index (χ0n) is 19.4. The summed E-state index contributed by atoms with van der Waals surface area (Å²) in [5, 5.41) is 3.22. The molecule has 2 atom stereocenters. The number of carbonyl (C=O) groups is 1. The Morgan fingerprint density at radius 2 is 1.66 bits per heavy atom. The molecule has 32 heavy (non-hydrogen) atoms. The van der Waals surface area contributed by atoms with Gasteiger partial charge >= 0.3 is 0 Å². The topological polar surface area (TPSA) is 69.3 Å². The smallest absolute Gasteiger partial charge is 0.220 e. The number of carbonyl (C=O) groups excluding carboxylic acids is 1. The van der Waals surface area contributed by atoms with Crippen LogP contribution in [0.5, 0.6) is 17.2 Å². The van der Waals surface area contributed by atoms with Crippen molar-refractivity contribution in [2.45, 2.75) is 31.8 Å². The Labute approximate surface area is 190 Å². The van der Waals surface area contributed by atoms with Crippen molar-refractivity contribution >= 4 is 5.91 Å². The maximum atomic E-state index is 12.8. The van der Waals surface area contributed by atoms with Crippen LogP contribution in [-0.2, 0) is 16.0 Å². The summed E-state index contributed by atoms with van der Waals surface area (Å²) in [5.74, 6) is 1.74. The maximum Gasteiger partial charge on any atom is 0.220 e. The van der Waals surface area contributed by atoms with Gasteiger partial charge in [-0.05, 0) is 36.6 Å². The highest BCUT2D eigenvalue weighted by Gasteiger charge is 2.28. The Hall–Kier alpha value is -2.77. The molecular weight excluding hydrogens is 408 g/mol. The molecule has 0 unspecified atom stereocenters. The minimum Gasteiger partial charge on any atom is -0.493 e. The minimum absolute atomic E-state index is 0.0143. The molecule has 0 saturated carbocycles. The van der Waals surface area contributed by atoms with Crippen molar-refractivity contribution in [3.05, 3.63) is 53.6 Å². The molecule has 0 radical (unpaired) electrons. The zero-order chi connectivity index (χ0) is 22.9. The molecule has 1 amide bonds. The lowest BCUT2D eigenvalue weighted by atomic mass is 9.97. The number of hydrogen-bond acceptors (Lipinski definition) is 6. The molecule has 0 spiro atoms. The van der Waals surface area contributed by atoms with Crippen LogP contribution in [0.15, 0.2) is 42.5 Å². The lowest BCUT2D eigenvalue weighted by Crippen LogP contribution is -2.48. The fourth-order valence-electron chi connectivity index (χ4n) is 4.26. The molecule has 2 aromatic carbocycles. The first-order valence-electron chi connectivity index (χ1n) is 11.0. The first-order chi connectivity index (χ1) is 15.6. The van der Waals surface area contributed by atoms with Crippen LogP contribution in [0.3, 0.4) is 0 Å². The molecular formula is C25H34N2O5. The highest BCUT2D eigenvalue weighted by atomic mass is 16.5. The van der Waals surface area contributed by atoms with E-state index in [1.54, 1.807) is 21.3 Å². The predicted molar refractivity (Wildman–Crippen MR) is 124 cm³/mol. The van der Waals surface area contributed by atoms with Crippen LogP contribution in [0.2, 0.25) is 0 Å². The van der Waals surface area contributed by atoms with Gasteiger partial charge in [0.1, 0.15) is 0 Å². The van der Waals surface area contributed by atoms with Crippen LogP contribution in [0.25, 0.3) is 0 Å². The SMILES string of the molecule is COc1cc(CCC(=O)N[C@H](C)[C@H](c2ccccc2)N2CCOCC2)cc(OC)c1OC. The van der Waals surface area contributed by atoms with E-state index in [9.17, 15) is 4.79 Å². The number of morpholine rings is 1. The van der Waals surface area contributed by atoms with E-state index < -0.39 is 0 Å². The molecule has 1 fully saturated rings. The van der Waals surface area contributed by atoms with Gasteiger partial charge in [-0.3, -0.25) is 9.69 Å². The van der Waals surface area contributed by atoms with Gasteiger partial charge in [-0.15, -0.1) is 0 Å². The number of methoxy groups -OCH3 is 3. The second-order valence-corrected chi connectivity index (χ2v) is 7.89. The average Bonchev–Trinajstić information content (AvgIpc) is 2.83. The first-order valence-corrected chi connectivity index (χ1v) is 11.0. The van der Waals surface area contributed by atoms with Gasteiger partial charge in [-0.2, -0.15) is 0 Å². The molecule has 7 nitrogen and oxygen atoms in total. The molecule has 1 aliphatic heterocycles. The van der Waals surface area contributed by atoms with Crippen LogP contribution in [0.4, 0.5) is 0 Å². The number of ether oxygens (including phenoxy) is 4. The van der Waals surface area contributed by atoms with Crippen molar-refractivity contribution in [2.24, 2.45) is 0 Å². The summed E-state index contributed by atoms with van der Waals surface area (Å²) in [5.41, 5.74) is 2.15. The number of amides is 1. The Morgan fingerprint density at radius 3 is 2.22 bits per heavy atom. The molecule has 2 aromatic rings. The van der Waals surface area contributed by atoms with Crippen molar-refractivity contribution in [1.29, 1.82) is 0 Å². The molecule has 174 valence electrons. The molecule has 0 aliphatic carbocycles. The number of benzene rings is 2. The van der Waals surface area contributed by atoms with E-state index in [-0.39, 0.29) is 18.0 Å². The number of nitrogens with one attached hydrogen (secondary N) is 1. The Balaban J connectivity index is 1.66. The Bertz CT molecular complexity index is 843. The quantitative estimate of drug-likeness (QED) is 0.609. The largest absolute Gasteiger partial charge is 0.493 e. The van der Waals surface area contributed by atoms with Gasteiger partial charge in [-0.25, -0.2) is 0 Å². The second-order valence-electron chi connectivity index (χ2n) is 7.89. The first kappa shape index (κ1) is 23.9. The van der Waals surface area contributed by atoms with Crippen molar-refractivity contribution in [3.63, 3.8) is 0 Å². The number of rotatable bonds is 10. The predicted octanol–water partition coefficient (Wildman–Crippen LogP) is 3.22. The minimum atomic E-state index is -0.0389. The van der Waals surface area contributed by atoms with Gasteiger partial charge in [0.15, 0.2) is 11.5 Å². The third-order valence-electron chi connectivity index (χ3n) is 5.81. The van der Waals surface area contributed by atoms with E-state index in [0.717, 1.165) is 18.7 Å². The molecule has 3 rings (SSSR count). The monoisotopic (exact) mass is 442 g/mol. The Morgan fingerprint density at radius 1 is 1.03 bits per heavy atom. The molecule has 1 heterocycles. The summed E-state index contributed by atoms with van der Waals surface area (Å²) in [6, 6.07) is 14.2. The van der Waals surface area contributed by atoms with E-state index in [1.165, 1.54) is 5.56 Å². The van der Waals surface area contributed by atoms with Crippen molar-refractivity contribution in [2.75, 3.05) is 47.6 Å². The van der Waals surface area contributed by atoms with Gasteiger partial charge in [0, 0.05) is 25.6 Å². The van der Waals surface area contributed by atoms with E-state index in [0.29, 0.717) is 43.3 Å². The van der Waals surface area contributed by atoms with Crippen molar-refractivity contribution < 1.29 is 23.7 Å². The summed E-state index contributed by atoms with van der Waals surface area (Å²) in [6.07, 6.45) is 0.941. The normalized spacial score (nSPS) is 16.1. The summed E-state index contributed by atoms with van der Waals surface area (Å²) < 4.78 is 21.7. The molecule has 0 aromatic heterocycles. The van der Waals surface area contributed by atoms with Gasteiger partial charge < -0.3 is 24.3 Å². The fraction of sp³-hybridized carbons (Fsp3) is 0.480. The summed E-state index contributed by atoms with van der Waals surface area (Å²) in [6.45, 7) is 5.21. The lowest BCUT2D eigenvalue weighted by Gasteiger charge is -2.38. The molecule has 7 heteroatoms. The number of hydrogen-bond donors (Lipinski definition) is 1. The van der Waals surface area contributed by atoms with Crippen molar-refractivity contribution in [1.82, 2.24) is 10.2 Å². The molecule has 1 aliphatic rings. The van der Waals surface area contributed by atoms with Crippen LogP contribution in [-0.4, -0.2) is 64.5 Å².